The lowest BCUT2D eigenvalue weighted by molar-refractivity contribution is 0.320. The highest BCUT2D eigenvalue weighted by Crippen LogP contribution is 2.38. The number of benzene rings is 4. The third-order valence-electron chi connectivity index (χ3n) is 15.2. The van der Waals surface area contributed by atoms with E-state index in [4.69, 9.17) is 0 Å². The molecule has 12 rings (SSSR count). The first kappa shape index (κ1) is 45.9. The van der Waals surface area contributed by atoms with Crippen molar-refractivity contribution in [1.29, 1.82) is 0 Å². The quantitative estimate of drug-likeness (QED) is 0.152. The Morgan fingerprint density at radius 2 is 0.561 bits per heavy atom. The molecule has 4 fully saturated rings. The maximum atomic E-state index is 4.56. The van der Waals surface area contributed by atoms with Crippen molar-refractivity contribution in [2.24, 2.45) is 0 Å². The van der Waals surface area contributed by atoms with Gasteiger partial charge < -0.3 is 18.3 Å². The number of rotatable bonds is 8. The maximum Gasteiger partial charge on any atom is 0.0960 e. The second-order valence-corrected chi connectivity index (χ2v) is 21.3. The van der Waals surface area contributed by atoms with Gasteiger partial charge >= 0.3 is 0 Å². The summed E-state index contributed by atoms with van der Waals surface area (Å²) in [7, 11) is 0. The first-order valence-corrected chi connectivity index (χ1v) is 25.9. The molecule has 0 radical (unpaired) electrons. The summed E-state index contributed by atoms with van der Waals surface area (Å²) < 4.78 is 9.51. The number of fused-ring (bicyclic) bond motifs is 4. The highest BCUT2D eigenvalue weighted by atomic mass is 15.1. The zero-order valence-corrected chi connectivity index (χ0v) is 41.3. The maximum absolute atomic E-state index is 4.56. The standard InChI is InChI=1S/C16H22N2.C15H20N2.C14H18N2.C13H16N2/c1-12(2)13-8-9-15-16(10-13)18(11-17-15)14-6-4-3-5-7-14;1-11(2)12-7-8-14-15(9-12)17(10-16-14)13-5-3-4-6-13;1-10(2)11-6-7-13-14(8-11)16(9-15-13)12-4-3-5-12;1-9(2)10-3-6-12-13(7-10)15(8-14-12)11-4-5-11/h8-12,14H,3-7H2,1-2H3;7-11,13H,3-6H2,1-2H3;6-10,12H,3-5H2,1-2H3;3,6-9,11H,4-5H2,1-2H3. The number of aromatic nitrogens is 8. The van der Waals surface area contributed by atoms with Gasteiger partial charge in [0.05, 0.1) is 69.4 Å². The molecule has 0 aliphatic heterocycles. The molecule has 4 aliphatic rings. The normalized spacial score (nSPS) is 17.2. The summed E-state index contributed by atoms with van der Waals surface area (Å²) in [5.41, 5.74) is 15.5. The average Bonchev–Trinajstić information content (AvgIpc) is 3.84. The highest BCUT2D eigenvalue weighted by Gasteiger charge is 2.25. The predicted molar refractivity (Wildman–Crippen MR) is 276 cm³/mol. The molecule has 0 N–H and O–H groups in total. The Kier molecular flexibility index (Phi) is 14.1. The van der Waals surface area contributed by atoms with Gasteiger partial charge in [0.2, 0.25) is 0 Å². The first-order valence-electron chi connectivity index (χ1n) is 25.9. The van der Waals surface area contributed by atoms with Crippen LogP contribution in [0.5, 0.6) is 0 Å². The molecule has 4 aliphatic carbocycles. The molecular weight excluding hydrogens is 809 g/mol. The highest BCUT2D eigenvalue weighted by molar-refractivity contribution is 5.78. The largest absolute Gasteiger partial charge is 0.327 e. The van der Waals surface area contributed by atoms with E-state index >= 15 is 0 Å². The number of imidazole rings is 4. The van der Waals surface area contributed by atoms with Gasteiger partial charge in [0.25, 0.3) is 0 Å². The lowest BCUT2D eigenvalue weighted by Crippen LogP contribution is -2.15. The van der Waals surface area contributed by atoms with Crippen molar-refractivity contribution in [2.45, 2.75) is 193 Å². The Morgan fingerprint density at radius 3 is 0.788 bits per heavy atom. The molecule has 0 unspecified atom stereocenters. The molecule has 4 aromatic heterocycles. The van der Waals surface area contributed by atoms with Gasteiger partial charge in [-0.3, -0.25) is 0 Å². The van der Waals surface area contributed by atoms with Gasteiger partial charge in [-0.1, -0.05) is 112 Å². The summed E-state index contributed by atoms with van der Waals surface area (Å²) in [5, 5.41) is 0. The van der Waals surface area contributed by atoms with E-state index in [0.717, 1.165) is 28.1 Å². The lowest BCUT2D eigenvalue weighted by atomic mass is 9.92. The third-order valence-corrected chi connectivity index (χ3v) is 15.2. The Morgan fingerprint density at radius 1 is 0.318 bits per heavy atom. The minimum atomic E-state index is 0.587. The molecule has 4 saturated carbocycles. The molecule has 8 aromatic rings. The van der Waals surface area contributed by atoms with Crippen molar-refractivity contribution in [2.75, 3.05) is 0 Å². The van der Waals surface area contributed by atoms with E-state index in [1.165, 1.54) is 134 Å². The fourth-order valence-electron chi connectivity index (χ4n) is 10.3. The Balaban J connectivity index is 0.000000111. The van der Waals surface area contributed by atoms with Crippen molar-refractivity contribution in [3.05, 3.63) is 120 Å². The Labute approximate surface area is 394 Å². The Bertz CT molecular complexity index is 2830. The second-order valence-electron chi connectivity index (χ2n) is 21.3. The van der Waals surface area contributed by atoms with Gasteiger partial charge in [0.1, 0.15) is 0 Å². The third kappa shape index (κ3) is 10.2. The van der Waals surface area contributed by atoms with Crippen LogP contribution < -0.4 is 0 Å². The van der Waals surface area contributed by atoms with Gasteiger partial charge in [0.15, 0.2) is 0 Å². The van der Waals surface area contributed by atoms with Crippen LogP contribution in [-0.4, -0.2) is 38.2 Å². The van der Waals surface area contributed by atoms with E-state index in [0.29, 0.717) is 41.8 Å². The monoisotopic (exact) mass is 885 g/mol. The van der Waals surface area contributed by atoms with Gasteiger partial charge in [-0.05, 0) is 152 Å². The lowest BCUT2D eigenvalue weighted by Gasteiger charge is -2.27. The minimum absolute atomic E-state index is 0.587. The molecule has 66 heavy (non-hydrogen) atoms. The van der Waals surface area contributed by atoms with Crippen LogP contribution in [0.15, 0.2) is 98.1 Å². The predicted octanol–water partition coefficient (Wildman–Crippen LogP) is 16.3. The second kappa shape index (κ2) is 20.3. The van der Waals surface area contributed by atoms with E-state index in [2.05, 4.69) is 166 Å². The Hall–Kier alpha value is -5.24. The van der Waals surface area contributed by atoms with Crippen LogP contribution in [0.2, 0.25) is 0 Å². The van der Waals surface area contributed by atoms with E-state index in [9.17, 15) is 0 Å². The molecule has 4 heterocycles. The molecule has 8 heteroatoms. The number of nitrogens with zero attached hydrogens (tertiary/aromatic N) is 8. The number of hydrogen-bond donors (Lipinski definition) is 0. The topological polar surface area (TPSA) is 71.3 Å². The van der Waals surface area contributed by atoms with Gasteiger partial charge in [0, 0.05) is 24.2 Å². The van der Waals surface area contributed by atoms with Crippen LogP contribution in [0.4, 0.5) is 0 Å². The van der Waals surface area contributed by atoms with Gasteiger partial charge in [-0.2, -0.15) is 0 Å². The summed E-state index contributed by atoms with van der Waals surface area (Å²) >= 11 is 0. The van der Waals surface area contributed by atoms with Crippen molar-refractivity contribution in [3.63, 3.8) is 0 Å². The van der Waals surface area contributed by atoms with Crippen LogP contribution in [-0.2, 0) is 0 Å². The first-order chi connectivity index (χ1) is 32.0. The van der Waals surface area contributed by atoms with Gasteiger partial charge in [-0.15, -0.1) is 0 Å². The van der Waals surface area contributed by atoms with Crippen molar-refractivity contribution in [3.8, 4) is 0 Å². The molecule has 0 atom stereocenters. The molecular formula is C58H76N8. The van der Waals surface area contributed by atoms with E-state index < -0.39 is 0 Å². The molecule has 348 valence electrons. The smallest absolute Gasteiger partial charge is 0.0960 e. The summed E-state index contributed by atoms with van der Waals surface area (Å²) in [6.07, 6.45) is 26.9. The molecule has 0 amide bonds. The summed E-state index contributed by atoms with van der Waals surface area (Å²) in [5.74, 6) is 2.36. The fourth-order valence-corrected chi connectivity index (χ4v) is 10.3. The average molecular weight is 885 g/mol. The SMILES string of the molecule is CC(C)c1ccc2ncn(C3CC3)c2c1.CC(C)c1ccc2ncn(C3CCC3)c2c1.CC(C)c1ccc2ncn(C3CCCC3)c2c1.CC(C)c1ccc2ncn(C3CCCCC3)c2c1. The van der Waals surface area contributed by atoms with Crippen LogP contribution in [0, 0.1) is 0 Å². The summed E-state index contributed by atoms with van der Waals surface area (Å²) in [4.78, 5) is 18.0. The fraction of sp³-hybridized carbons (Fsp3) is 0.517. The number of hydrogen-bond acceptors (Lipinski definition) is 4. The molecule has 0 saturated heterocycles. The van der Waals surface area contributed by atoms with Crippen LogP contribution in [0.25, 0.3) is 44.1 Å². The summed E-state index contributed by atoms with van der Waals surface area (Å²) in [6, 6.07) is 29.5. The van der Waals surface area contributed by atoms with Crippen molar-refractivity contribution < 1.29 is 0 Å². The van der Waals surface area contributed by atoms with Crippen LogP contribution in [0.1, 0.15) is 215 Å². The van der Waals surface area contributed by atoms with Gasteiger partial charge in [-0.25, -0.2) is 19.9 Å². The zero-order valence-electron chi connectivity index (χ0n) is 41.3. The van der Waals surface area contributed by atoms with E-state index in [1.54, 1.807) is 0 Å². The molecule has 8 nitrogen and oxygen atoms in total. The summed E-state index contributed by atoms with van der Waals surface area (Å²) in [6.45, 7) is 18.0. The molecule has 4 aromatic carbocycles. The minimum Gasteiger partial charge on any atom is -0.327 e. The van der Waals surface area contributed by atoms with E-state index in [1.807, 2.05) is 25.3 Å². The molecule has 0 spiro atoms. The van der Waals surface area contributed by atoms with Crippen molar-refractivity contribution >= 4 is 44.1 Å². The van der Waals surface area contributed by atoms with Crippen molar-refractivity contribution in [1.82, 2.24) is 38.2 Å². The van der Waals surface area contributed by atoms with E-state index in [-0.39, 0.29) is 0 Å². The zero-order chi connectivity index (χ0) is 45.9. The van der Waals surface area contributed by atoms with Crippen LogP contribution in [0.3, 0.4) is 0 Å². The van der Waals surface area contributed by atoms with Crippen LogP contribution >= 0.6 is 0 Å². The molecule has 0 bridgehead atoms.